The lowest BCUT2D eigenvalue weighted by molar-refractivity contribution is -0.125. The fraction of sp³-hybridized carbons (Fsp3) is 0.500. The summed E-state index contributed by atoms with van der Waals surface area (Å²) in [6.45, 7) is 4.66. The van der Waals surface area contributed by atoms with E-state index in [0.717, 1.165) is 24.2 Å². The van der Waals surface area contributed by atoms with E-state index in [1.807, 2.05) is 38.1 Å². The smallest absolute Gasteiger partial charge is 0.223 e. The Labute approximate surface area is 102 Å². The van der Waals surface area contributed by atoms with E-state index < -0.39 is 0 Å². The molecular weight excluding hydrogens is 214 g/mol. The van der Waals surface area contributed by atoms with Crippen molar-refractivity contribution in [2.24, 2.45) is 5.92 Å². The number of carbonyl (C=O) groups excluding carboxylic acids is 1. The summed E-state index contributed by atoms with van der Waals surface area (Å²) in [5, 5.41) is 3.11. The molecule has 92 valence electrons. The Hall–Kier alpha value is -1.51. The monoisotopic (exact) mass is 233 g/mol. The van der Waals surface area contributed by atoms with Crippen LogP contribution in [0.4, 0.5) is 0 Å². The third kappa shape index (κ3) is 2.60. The van der Waals surface area contributed by atoms with Crippen LogP contribution in [0.25, 0.3) is 0 Å². The van der Waals surface area contributed by atoms with Crippen molar-refractivity contribution in [2.75, 3.05) is 6.61 Å². The standard InChI is InChI=1S/C14H19NO2/c1-3-10(2)14(16)15-12-8-9-17-13-7-5-4-6-11(12)13/h4-7,10,12H,3,8-9H2,1-2H3,(H,15,16)/t10-,12+/m0/s1. The van der Waals surface area contributed by atoms with Gasteiger partial charge in [0.05, 0.1) is 12.6 Å². The van der Waals surface area contributed by atoms with Crippen LogP contribution in [-0.2, 0) is 4.79 Å². The summed E-state index contributed by atoms with van der Waals surface area (Å²) in [5.41, 5.74) is 1.09. The van der Waals surface area contributed by atoms with Crippen LogP contribution in [0.15, 0.2) is 24.3 Å². The van der Waals surface area contributed by atoms with Crippen molar-refractivity contribution in [3.05, 3.63) is 29.8 Å². The number of carbonyl (C=O) groups is 1. The van der Waals surface area contributed by atoms with Crippen LogP contribution in [0.5, 0.6) is 5.75 Å². The summed E-state index contributed by atoms with van der Waals surface area (Å²) >= 11 is 0. The number of ether oxygens (including phenoxy) is 1. The van der Waals surface area contributed by atoms with Gasteiger partial charge in [0.2, 0.25) is 5.91 Å². The van der Waals surface area contributed by atoms with Gasteiger partial charge in [0.15, 0.2) is 0 Å². The van der Waals surface area contributed by atoms with Crippen LogP contribution in [0, 0.1) is 5.92 Å². The topological polar surface area (TPSA) is 38.3 Å². The van der Waals surface area contributed by atoms with Gasteiger partial charge < -0.3 is 10.1 Å². The fourth-order valence-corrected chi connectivity index (χ4v) is 1.99. The van der Waals surface area contributed by atoms with Crippen molar-refractivity contribution in [3.8, 4) is 5.75 Å². The van der Waals surface area contributed by atoms with Crippen molar-refractivity contribution < 1.29 is 9.53 Å². The number of amides is 1. The summed E-state index contributed by atoms with van der Waals surface area (Å²) < 4.78 is 5.57. The average Bonchev–Trinajstić information content (AvgIpc) is 2.38. The van der Waals surface area contributed by atoms with E-state index in [9.17, 15) is 4.79 Å². The number of benzene rings is 1. The Morgan fingerprint density at radius 1 is 1.53 bits per heavy atom. The maximum atomic E-state index is 11.9. The maximum Gasteiger partial charge on any atom is 0.223 e. The minimum atomic E-state index is 0.0741. The molecule has 1 aromatic carbocycles. The number of para-hydroxylation sites is 1. The summed E-state index contributed by atoms with van der Waals surface area (Å²) in [4.78, 5) is 11.9. The van der Waals surface area contributed by atoms with Crippen LogP contribution in [-0.4, -0.2) is 12.5 Å². The van der Waals surface area contributed by atoms with E-state index in [-0.39, 0.29) is 17.9 Å². The van der Waals surface area contributed by atoms with Crippen LogP contribution in [0.3, 0.4) is 0 Å². The van der Waals surface area contributed by atoms with Gasteiger partial charge in [-0.05, 0) is 12.5 Å². The molecule has 3 nitrogen and oxygen atoms in total. The van der Waals surface area contributed by atoms with Crippen molar-refractivity contribution in [3.63, 3.8) is 0 Å². The first kappa shape index (κ1) is 12.0. The van der Waals surface area contributed by atoms with E-state index in [0.29, 0.717) is 6.61 Å². The van der Waals surface area contributed by atoms with Crippen molar-refractivity contribution in [1.82, 2.24) is 5.32 Å². The highest BCUT2D eigenvalue weighted by atomic mass is 16.5. The molecule has 17 heavy (non-hydrogen) atoms. The number of nitrogens with one attached hydrogen (secondary N) is 1. The van der Waals surface area contributed by atoms with E-state index in [2.05, 4.69) is 5.32 Å². The molecule has 0 saturated carbocycles. The summed E-state index contributed by atoms with van der Waals surface area (Å²) in [6.07, 6.45) is 1.72. The molecule has 2 rings (SSSR count). The fourth-order valence-electron chi connectivity index (χ4n) is 1.99. The Morgan fingerprint density at radius 3 is 3.06 bits per heavy atom. The molecular formula is C14H19NO2. The molecule has 1 aliphatic rings. The molecule has 0 saturated heterocycles. The third-order valence-electron chi connectivity index (χ3n) is 3.33. The van der Waals surface area contributed by atoms with Gasteiger partial charge in [-0.15, -0.1) is 0 Å². The predicted octanol–water partition coefficient (Wildman–Crippen LogP) is 2.67. The molecule has 1 heterocycles. The molecule has 2 atom stereocenters. The van der Waals surface area contributed by atoms with Crippen molar-refractivity contribution >= 4 is 5.91 Å². The van der Waals surface area contributed by atoms with E-state index in [1.54, 1.807) is 0 Å². The highest BCUT2D eigenvalue weighted by Gasteiger charge is 2.23. The number of hydrogen-bond donors (Lipinski definition) is 1. The lowest BCUT2D eigenvalue weighted by Crippen LogP contribution is -2.35. The predicted molar refractivity (Wildman–Crippen MR) is 66.9 cm³/mol. The number of hydrogen-bond acceptors (Lipinski definition) is 2. The molecule has 3 heteroatoms. The lowest BCUT2D eigenvalue weighted by Gasteiger charge is -2.27. The van der Waals surface area contributed by atoms with E-state index in [1.165, 1.54) is 0 Å². The van der Waals surface area contributed by atoms with Crippen molar-refractivity contribution in [2.45, 2.75) is 32.7 Å². The minimum absolute atomic E-state index is 0.0741. The molecule has 0 fully saturated rings. The van der Waals surface area contributed by atoms with Crippen LogP contribution >= 0.6 is 0 Å². The van der Waals surface area contributed by atoms with Gasteiger partial charge in [-0.1, -0.05) is 32.0 Å². The average molecular weight is 233 g/mol. The Bertz CT molecular complexity index is 403. The zero-order chi connectivity index (χ0) is 12.3. The number of rotatable bonds is 3. The van der Waals surface area contributed by atoms with Gasteiger partial charge in [-0.2, -0.15) is 0 Å². The maximum absolute atomic E-state index is 11.9. The molecule has 0 spiro atoms. The first-order valence-corrected chi connectivity index (χ1v) is 6.24. The van der Waals surface area contributed by atoms with E-state index in [4.69, 9.17) is 4.74 Å². The molecule has 0 radical (unpaired) electrons. The van der Waals surface area contributed by atoms with Crippen LogP contribution < -0.4 is 10.1 Å². The molecule has 1 amide bonds. The van der Waals surface area contributed by atoms with Gasteiger partial charge in [-0.3, -0.25) is 4.79 Å². The van der Waals surface area contributed by atoms with Gasteiger partial charge in [0.25, 0.3) is 0 Å². The second kappa shape index (κ2) is 5.21. The highest BCUT2D eigenvalue weighted by Crippen LogP contribution is 2.31. The largest absolute Gasteiger partial charge is 0.493 e. The molecule has 0 bridgehead atoms. The molecule has 0 aromatic heterocycles. The first-order chi connectivity index (χ1) is 8.22. The second-order valence-electron chi connectivity index (χ2n) is 4.55. The van der Waals surface area contributed by atoms with Crippen LogP contribution in [0.2, 0.25) is 0 Å². The van der Waals surface area contributed by atoms with Gasteiger partial charge in [-0.25, -0.2) is 0 Å². The Morgan fingerprint density at radius 2 is 2.29 bits per heavy atom. The second-order valence-corrected chi connectivity index (χ2v) is 4.55. The molecule has 1 aromatic rings. The SMILES string of the molecule is CC[C@H](C)C(=O)N[C@@H]1CCOc2ccccc21. The number of fused-ring (bicyclic) bond motifs is 1. The van der Waals surface area contributed by atoms with Gasteiger partial charge in [0.1, 0.15) is 5.75 Å². The van der Waals surface area contributed by atoms with Gasteiger partial charge >= 0.3 is 0 Å². The molecule has 0 aliphatic carbocycles. The Balaban J connectivity index is 2.11. The Kier molecular flexibility index (Phi) is 3.67. The summed E-state index contributed by atoms with van der Waals surface area (Å²) in [5.74, 6) is 1.10. The van der Waals surface area contributed by atoms with Crippen LogP contribution in [0.1, 0.15) is 38.3 Å². The molecule has 1 aliphatic heterocycles. The van der Waals surface area contributed by atoms with Gasteiger partial charge in [0, 0.05) is 17.9 Å². The molecule has 1 N–H and O–H groups in total. The quantitative estimate of drug-likeness (QED) is 0.871. The normalized spacial score (nSPS) is 20.0. The minimum Gasteiger partial charge on any atom is -0.493 e. The van der Waals surface area contributed by atoms with E-state index >= 15 is 0 Å². The summed E-state index contributed by atoms with van der Waals surface area (Å²) in [6, 6.07) is 8.02. The highest BCUT2D eigenvalue weighted by molar-refractivity contribution is 5.78. The zero-order valence-corrected chi connectivity index (χ0v) is 10.4. The summed E-state index contributed by atoms with van der Waals surface area (Å²) in [7, 11) is 0. The first-order valence-electron chi connectivity index (χ1n) is 6.24. The third-order valence-corrected chi connectivity index (χ3v) is 3.33. The van der Waals surface area contributed by atoms with Crippen molar-refractivity contribution in [1.29, 1.82) is 0 Å². The zero-order valence-electron chi connectivity index (χ0n) is 10.4. The molecule has 0 unspecified atom stereocenters. The lowest BCUT2D eigenvalue weighted by atomic mass is 9.99.